The van der Waals surface area contributed by atoms with Gasteiger partial charge in [-0.25, -0.2) is 4.39 Å². The summed E-state index contributed by atoms with van der Waals surface area (Å²) in [5, 5.41) is 3.50. The zero-order valence-electron chi connectivity index (χ0n) is 16.6. The van der Waals surface area contributed by atoms with Gasteiger partial charge in [0, 0.05) is 34.8 Å². The zero-order valence-corrected chi connectivity index (χ0v) is 18.2. The summed E-state index contributed by atoms with van der Waals surface area (Å²) >= 11 is 7.15. The lowest BCUT2D eigenvalue weighted by Gasteiger charge is -2.18. The van der Waals surface area contributed by atoms with Crippen molar-refractivity contribution in [2.75, 3.05) is 33.1 Å². The van der Waals surface area contributed by atoms with Crippen LogP contribution in [0.25, 0.3) is 10.1 Å². The summed E-state index contributed by atoms with van der Waals surface area (Å²) in [6, 6.07) is 9.52. The Morgan fingerprint density at radius 3 is 2.70 bits per heavy atom. The Labute approximate surface area is 182 Å². The largest absolute Gasteiger partial charge is 0.495 e. The second-order valence-corrected chi connectivity index (χ2v) is 8.00. The van der Waals surface area contributed by atoms with E-state index in [1.165, 1.54) is 43.6 Å². The van der Waals surface area contributed by atoms with Crippen molar-refractivity contribution < 1.29 is 23.5 Å². The van der Waals surface area contributed by atoms with Crippen LogP contribution in [0.3, 0.4) is 0 Å². The number of carbonyl (C=O) groups excluding carboxylic acids is 2. The molecule has 158 valence electrons. The molecule has 9 heteroatoms. The number of thiophene rings is 1. The van der Waals surface area contributed by atoms with Crippen molar-refractivity contribution in [3.05, 3.63) is 57.7 Å². The van der Waals surface area contributed by atoms with Crippen LogP contribution in [0.1, 0.15) is 15.2 Å². The van der Waals surface area contributed by atoms with Gasteiger partial charge in [0.2, 0.25) is 5.91 Å². The van der Waals surface area contributed by atoms with Crippen LogP contribution in [0, 0.1) is 5.82 Å². The Morgan fingerprint density at radius 2 is 2.00 bits per heavy atom. The highest BCUT2D eigenvalue weighted by atomic mass is 35.5. The molecular formula is C21H20ClFN2O4S. The molecular weight excluding hydrogens is 431 g/mol. The van der Waals surface area contributed by atoms with Crippen molar-refractivity contribution in [2.24, 2.45) is 0 Å². The number of amides is 2. The molecule has 0 spiro atoms. The quantitative estimate of drug-likeness (QED) is 0.573. The summed E-state index contributed by atoms with van der Waals surface area (Å²) in [6.45, 7) is -0.126. The average molecular weight is 451 g/mol. The fraction of sp³-hybridized carbons (Fsp3) is 0.238. The summed E-state index contributed by atoms with van der Waals surface area (Å²) in [6.07, 6.45) is 0. The topological polar surface area (TPSA) is 67.9 Å². The number of nitrogens with zero attached hydrogens (tertiary/aromatic N) is 1. The Morgan fingerprint density at radius 1 is 1.23 bits per heavy atom. The molecule has 0 aliphatic heterocycles. The van der Waals surface area contributed by atoms with Crippen LogP contribution in [0.4, 0.5) is 10.1 Å². The second-order valence-electron chi connectivity index (χ2n) is 6.51. The van der Waals surface area contributed by atoms with E-state index in [1.54, 1.807) is 30.3 Å². The van der Waals surface area contributed by atoms with Crippen LogP contribution in [0.5, 0.6) is 5.75 Å². The van der Waals surface area contributed by atoms with Crippen molar-refractivity contribution in [2.45, 2.75) is 6.61 Å². The first-order chi connectivity index (χ1) is 14.3. The molecule has 1 heterocycles. The monoisotopic (exact) mass is 450 g/mol. The molecule has 3 rings (SSSR count). The Bertz CT molecular complexity index is 1100. The number of fused-ring (bicyclic) bond motifs is 1. The number of benzene rings is 2. The molecule has 2 amide bonds. The van der Waals surface area contributed by atoms with E-state index in [1.807, 2.05) is 0 Å². The number of hydrogen-bond acceptors (Lipinski definition) is 5. The van der Waals surface area contributed by atoms with Gasteiger partial charge in [-0.15, -0.1) is 11.3 Å². The average Bonchev–Trinajstić information content (AvgIpc) is 3.07. The maximum absolute atomic E-state index is 14.3. The zero-order chi connectivity index (χ0) is 21.8. The van der Waals surface area contributed by atoms with Crippen LogP contribution < -0.4 is 10.1 Å². The molecule has 0 unspecified atom stereocenters. The summed E-state index contributed by atoms with van der Waals surface area (Å²) in [5.74, 6) is -0.782. The Hall–Kier alpha value is -2.68. The molecule has 0 aliphatic carbocycles. The minimum atomic E-state index is -0.424. The highest BCUT2D eigenvalue weighted by Gasteiger charge is 2.24. The summed E-state index contributed by atoms with van der Waals surface area (Å²) in [5.41, 5.74) is 0.879. The standard InChI is InChI=1S/C21H20ClFN2O4S/c1-25(10-18(26)24-15-9-12(22)7-8-16(15)29-3)21(27)20-13(11-28-2)19-14(23)5-4-6-17(19)30-20/h4-9H,10-11H2,1-3H3,(H,24,26). The van der Waals surface area contributed by atoms with E-state index in [4.69, 9.17) is 21.1 Å². The maximum atomic E-state index is 14.3. The lowest BCUT2D eigenvalue weighted by atomic mass is 10.1. The van der Waals surface area contributed by atoms with E-state index in [9.17, 15) is 14.0 Å². The molecule has 0 atom stereocenters. The maximum Gasteiger partial charge on any atom is 0.264 e. The van der Waals surface area contributed by atoms with Gasteiger partial charge < -0.3 is 19.7 Å². The SMILES string of the molecule is COCc1c(C(=O)N(C)CC(=O)Nc2cc(Cl)ccc2OC)sc2cccc(F)c12. The predicted octanol–water partition coefficient (Wildman–Crippen LogP) is 4.56. The third kappa shape index (κ3) is 4.56. The highest BCUT2D eigenvalue weighted by molar-refractivity contribution is 7.21. The molecule has 0 aliphatic rings. The van der Waals surface area contributed by atoms with Crippen LogP contribution in [0.2, 0.25) is 5.02 Å². The van der Waals surface area contributed by atoms with Crippen molar-refractivity contribution in [3.8, 4) is 5.75 Å². The van der Waals surface area contributed by atoms with Crippen molar-refractivity contribution >= 4 is 50.5 Å². The number of ether oxygens (including phenoxy) is 2. The van der Waals surface area contributed by atoms with E-state index in [0.717, 1.165) is 0 Å². The summed E-state index contributed by atoms with van der Waals surface area (Å²) in [4.78, 5) is 27.1. The van der Waals surface area contributed by atoms with Gasteiger partial charge in [-0.1, -0.05) is 17.7 Å². The highest BCUT2D eigenvalue weighted by Crippen LogP contribution is 2.34. The van der Waals surface area contributed by atoms with Crippen molar-refractivity contribution in [1.82, 2.24) is 4.90 Å². The molecule has 0 saturated heterocycles. The van der Waals surface area contributed by atoms with E-state index in [0.29, 0.717) is 37.0 Å². The van der Waals surface area contributed by atoms with Gasteiger partial charge in [-0.2, -0.15) is 0 Å². The molecule has 0 bridgehead atoms. The number of likely N-dealkylation sites (N-methyl/N-ethyl adjacent to an activating group) is 1. The first kappa shape index (κ1) is 22.0. The molecule has 30 heavy (non-hydrogen) atoms. The van der Waals surface area contributed by atoms with Crippen LogP contribution >= 0.6 is 22.9 Å². The number of anilines is 1. The van der Waals surface area contributed by atoms with Gasteiger partial charge in [0.15, 0.2) is 0 Å². The molecule has 1 N–H and O–H groups in total. The Balaban J connectivity index is 1.81. The van der Waals surface area contributed by atoms with E-state index >= 15 is 0 Å². The third-order valence-electron chi connectivity index (χ3n) is 4.41. The second kappa shape index (κ2) is 9.42. The van der Waals surface area contributed by atoms with Crippen molar-refractivity contribution in [3.63, 3.8) is 0 Å². The molecule has 3 aromatic rings. The van der Waals surface area contributed by atoms with Crippen LogP contribution in [-0.4, -0.2) is 44.5 Å². The lowest BCUT2D eigenvalue weighted by Crippen LogP contribution is -2.35. The normalized spacial score (nSPS) is 10.8. The van der Waals surface area contributed by atoms with Gasteiger partial charge in [0.1, 0.15) is 11.6 Å². The minimum absolute atomic E-state index is 0.0851. The van der Waals surface area contributed by atoms with Gasteiger partial charge in [-0.05, 0) is 30.3 Å². The fourth-order valence-corrected chi connectivity index (χ4v) is 4.44. The summed E-state index contributed by atoms with van der Waals surface area (Å²) in [7, 11) is 4.47. The smallest absolute Gasteiger partial charge is 0.264 e. The van der Waals surface area contributed by atoms with Crippen LogP contribution in [0.15, 0.2) is 36.4 Å². The van der Waals surface area contributed by atoms with Crippen molar-refractivity contribution in [1.29, 1.82) is 0 Å². The predicted molar refractivity (Wildman–Crippen MR) is 116 cm³/mol. The minimum Gasteiger partial charge on any atom is -0.495 e. The lowest BCUT2D eigenvalue weighted by molar-refractivity contribution is -0.116. The van der Waals surface area contributed by atoms with E-state index in [2.05, 4.69) is 5.32 Å². The number of methoxy groups -OCH3 is 2. The van der Waals surface area contributed by atoms with Gasteiger partial charge in [0.25, 0.3) is 5.91 Å². The fourth-order valence-electron chi connectivity index (χ4n) is 3.05. The third-order valence-corrected chi connectivity index (χ3v) is 5.83. The van der Waals surface area contributed by atoms with Gasteiger partial charge in [0.05, 0.1) is 30.8 Å². The number of halogens is 2. The van der Waals surface area contributed by atoms with Gasteiger partial charge >= 0.3 is 0 Å². The molecule has 1 aromatic heterocycles. The number of rotatable bonds is 7. The molecule has 2 aromatic carbocycles. The van der Waals surface area contributed by atoms with E-state index < -0.39 is 17.6 Å². The first-order valence-electron chi connectivity index (χ1n) is 8.93. The van der Waals surface area contributed by atoms with E-state index in [-0.39, 0.29) is 13.2 Å². The molecule has 6 nitrogen and oxygen atoms in total. The number of nitrogens with one attached hydrogen (secondary N) is 1. The first-order valence-corrected chi connectivity index (χ1v) is 10.1. The van der Waals surface area contributed by atoms with Crippen LogP contribution in [-0.2, 0) is 16.1 Å². The Kier molecular flexibility index (Phi) is 6.91. The van der Waals surface area contributed by atoms with Gasteiger partial charge in [-0.3, -0.25) is 9.59 Å². The molecule has 0 radical (unpaired) electrons. The molecule has 0 saturated carbocycles. The number of hydrogen-bond donors (Lipinski definition) is 1. The summed E-state index contributed by atoms with van der Waals surface area (Å²) < 4.78 is 25.4. The molecule has 0 fully saturated rings. The number of carbonyl (C=O) groups is 2.